The molecule has 6 nitrogen and oxygen atoms in total. The average molecular weight is 386 g/mol. The van der Waals surface area contributed by atoms with Gasteiger partial charge in [0.2, 0.25) is 5.91 Å². The summed E-state index contributed by atoms with van der Waals surface area (Å²) >= 11 is 3.36. The van der Waals surface area contributed by atoms with Crippen LogP contribution in [0.25, 0.3) is 0 Å². The van der Waals surface area contributed by atoms with Gasteiger partial charge in [0.15, 0.2) is 0 Å². The van der Waals surface area contributed by atoms with Gasteiger partial charge in [-0.1, -0.05) is 15.9 Å². The minimum absolute atomic E-state index is 0.126. The fourth-order valence-electron chi connectivity index (χ4n) is 1.71. The third kappa shape index (κ3) is 9.20. The van der Waals surface area contributed by atoms with Crippen LogP contribution in [0.2, 0.25) is 0 Å². The number of amides is 3. The lowest BCUT2D eigenvalue weighted by atomic mass is 10.1. The van der Waals surface area contributed by atoms with E-state index in [2.05, 4.69) is 26.6 Å². The van der Waals surface area contributed by atoms with Crippen molar-refractivity contribution in [3.63, 3.8) is 0 Å². The maximum atomic E-state index is 11.8. The van der Waals surface area contributed by atoms with Crippen molar-refractivity contribution < 1.29 is 14.3 Å². The Morgan fingerprint density at radius 2 is 1.83 bits per heavy atom. The highest BCUT2D eigenvalue weighted by Gasteiger charge is 2.16. The second-order valence-electron chi connectivity index (χ2n) is 6.29. The normalized spacial score (nSPS) is 11.2. The van der Waals surface area contributed by atoms with Crippen molar-refractivity contribution in [2.75, 3.05) is 26.7 Å². The molecule has 2 N–H and O–H groups in total. The van der Waals surface area contributed by atoms with Crippen LogP contribution in [0.5, 0.6) is 5.75 Å². The Bertz CT molecular complexity index is 526. The van der Waals surface area contributed by atoms with Crippen molar-refractivity contribution in [3.8, 4) is 5.75 Å². The Morgan fingerprint density at radius 1 is 1.22 bits per heavy atom. The topological polar surface area (TPSA) is 70.7 Å². The van der Waals surface area contributed by atoms with Crippen molar-refractivity contribution in [2.24, 2.45) is 0 Å². The van der Waals surface area contributed by atoms with E-state index in [9.17, 15) is 9.59 Å². The number of ether oxygens (including phenoxy) is 1. The number of urea groups is 1. The summed E-state index contributed by atoms with van der Waals surface area (Å²) in [6.07, 6.45) is 0. The number of rotatable bonds is 6. The predicted molar refractivity (Wildman–Crippen MR) is 93.6 cm³/mol. The summed E-state index contributed by atoms with van der Waals surface area (Å²) in [5, 5.41) is 4.98. The molecule has 1 aromatic carbocycles. The van der Waals surface area contributed by atoms with Crippen LogP contribution in [0.15, 0.2) is 28.7 Å². The predicted octanol–water partition coefficient (Wildman–Crippen LogP) is 2.38. The molecule has 3 amide bonds. The third-order valence-corrected chi connectivity index (χ3v) is 3.24. The maximum Gasteiger partial charge on any atom is 0.321 e. The second-order valence-corrected chi connectivity index (χ2v) is 7.21. The van der Waals surface area contributed by atoms with Crippen LogP contribution in [0.1, 0.15) is 20.8 Å². The molecular formula is C16H24BrN3O3. The Hall–Kier alpha value is -1.60. The van der Waals surface area contributed by atoms with Gasteiger partial charge in [-0.2, -0.15) is 0 Å². The van der Waals surface area contributed by atoms with Gasteiger partial charge < -0.3 is 10.1 Å². The summed E-state index contributed by atoms with van der Waals surface area (Å²) in [4.78, 5) is 25.1. The van der Waals surface area contributed by atoms with Crippen LogP contribution in [0, 0.1) is 0 Å². The zero-order chi connectivity index (χ0) is 17.5. The summed E-state index contributed by atoms with van der Waals surface area (Å²) in [5.74, 6) is 0.425. The fourth-order valence-corrected chi connectivity index (χ4v) is 1.98. The van der Waals surface area contributed by atoms with Crippen molar-refractivity contribution >= 4 is 27.9 Å². The van der Waals surface area contributed by atoms with E-state index in [0.717, 1.165) is 10.2 Å². The molecule has 0 atom stereocenters. The molecule has 0 aliphatic heterocycles. The molecule has 0 radical (unpaired) electrons. The minimum Gasteiger partial charge on any atom is -0.492 e. The lowest BCUT2D eigenvalue weighted by molar-refractivity contribution is -0.120. The first kappa shape index (κ1) is 19.4. The van der Waals surface area contributed by atoms with Gasteiger partial charge in [-0.05, 0) is 52.1 Å². The van der Waals surface area contributed by atoms with Crippen molar-refractivity contribution in [3.05, 3.63) is 28.7 Å². The van der Waals surface area contributed by atoms with Crippen molar-refractivity contribution in [1.82, 2.24) is 15.5 Å². The van der Waals surface area contributed by atoms with Crippen molar-refractivity contribution in [2.45, 2.75) is 26.3 Å². The molecule has 1 aromatic rings. The molecule has 0 aliphatic carbocycles. The Balaban J connectivity index is 2.25. The number of nitrogens with one attached hydrogen (secondary N) is 2. The van der Waals surface area contributed by atoms with Crippen LogP contribution in [-0.4, -0.2) is 49.1 Å². The number of carbonyl (C=O) groups is 2. The lowest BCUT2D eigenvalue weighted by Gasteiger charge is -2.21. The Kier molecular flexibility index (Phi) is 7.51. The highest BCUT2D eigenvalue weighted by atomic mass is 79.9. The first-order chi connectivity index (χ1) is 10.7. The largest absolute Gasteiger partial charge is 0.492 e. The van der Waals surface area contributed by atoms with Crippen LogP contribution < -0.4 is 15.4 Å². The molecule has 0 spiro atoms. The molecule has 0 saturated heterocycles. The monoisotopic (exact) mass is 385 g/mol. The van der Waals surface area contributed by atoms with Crippen LogP contribution >= 0.6 is 15.9 Å². The smallest absolute Gasteiger partial charge is 0.321 e. The van der Waals surface area contributed by atoms with E-state index in [1.165, 1.54) is 0 Å². The molecule has 0 aromatic heterocycles. The third-order valence-electron chi connectivity index (χ3n) is 2.71. The summed E-state index contributed by atoms with van der Waals surface area (Å²) in [6, 6.07) is 7.06. The van der Waals surface area contributed by atoms with Gasteiger partial charge in [0.05, 0.1) is 6.54 Å². The number of halogens is 1. The maximum absolute atomic E-state index is 11.8. The number of likely N-dealkylation sites (N-methyl/N-ethyl adjacent to an activating group) is 1. The first-order valence-electron chi connectivity index (χ1n) is 7.34. The SMILES string of the molecule is CN(CCOc1ccc(Br)cc1)CC(=O)NC(=O)NC(C)(C)C. The Morgan fingerprint density at radius 3 is 2.39 bits per heavy atom. The van der Waals surface area contributed by atoms with Gasteiger partial charge in [-0.25, -0.2) is 4.79 Å². The fraction of sp³-hybridized carbons (Fsp3) is 0.500. The van der Waals surface area contributed by atoms with Crippen LogP contribution in [-0.2, 0) is 4.79 Å². The zero-order valence-corrected chi connectivity index (χ0v) is 15.6. The quantitative estimate of drug-likeness (QED) is 0.788. The molecule has 0 unspecified atom stereocenters. The van der Waals surface area contributed by atoms with Crippen LogP contribution in [0.3, 0.4) is 0 Å². The molecule has 0 heterocycles. The second kappa shape index (κ2) is 8.88. The van der Waals surface area contributed by atoms with E-state index in [0.29, 0.717) is 13.2 Å². The van der Waals surface area contributed by atoms with E-state index in [1.807, 2.05) is 45.0 Å². The van der Waals surface area contributed by atoms with E-state index < -0.39 is 6.03 Å². The first-order valence-corrected chi connectivity index (χ1v) is 8.14. The molecule has 128 valence electrons. The summed E-state index contributed by atoms with van der Waals surface area (Å²) in [6.45, 7) is 6.71. The van der Waals surface area contributed by atoms with Gasteiger partial charge in [-0.15, -0.1) is 0 Å². The highest BCUT2D eigenvalue weighted by Crippen LogP contribution is 2.15. The summed E-state index contributed by atoms with van der Waals surface area (Å²) in [5.41, 5.74) is -0.380. The van der Waals surface area contributed by atoms with Gasteiger partial charge >= 0.3 is 6.03 Å². The number of imide groups is 1. The zero-order valence-electron chi connectivity index (χ0n) is 14.0. The Labute approximate surface area is 145 Å². The van der Waals surface area contributed by atoms with E-state index >= 15 is 0 Å². The average Bonchev–Trinajstić information content (AvgIpc) is 2.38. The van der Waals surface area contributed by atoms with Crippen LogP contribution in [0.4, 0.5) is 4.79 Å². The molecule has 0 fully saturated rings. The van der Waals surface area contributed by atoms with E-state index in [-0.39, 0.29) is 18.0 Å². The van der Waals surface area contributed by atoms with Crippen molar-refractivity contribution in [1.29, 1.82) is 0 Å². The highest BCUT2D eigenvalue weighted by molar-refractivity contribution is 9.10. The van der Waals surface area contributed by atoms with Gasteiger partial charge in [-0.3, -0.25) is 15.0 Å². The molecule has 0 saturated carbocycles. The molecule has 0 bridgehead atoms. The molecule has 1 rings (SSSR count). The molecule has 7 heteroatoms. The van der Waals surface area contributed by atoms with E-state index in [1.54, 1.807) is 11.9 Å². The number of benzene rings is 1. The van der Waals surface area contributed by atoms with Gasteiger partial charge in [0.25, 0.3) is 0 Å². The summed E-state index contributed by atoms with van der Waals surface area (Å²) < 4.78 is 6.58. The number of hydrogen-bond acceptors (Lipinski definition) is 4. The standard InChI is InChI=1S/C16H24BrN3O3/c1-16(2,3)19-15(22)18-14(21)11-20(4)9-10-23-13-7-5-12(17)6-8-13/h5-8H,9-11H2,1-4H3,(H2,18,19,21,22). The minimum atomic E-state index is -0.484. The molecular weight excluding hydrogens is 362 g/mol. The van der Waals surface area contributed by atoms with Gasteiger partial charge in [0.1, 0.15) is 12.4 Å². The number of hydrogen-bond donors (Lipinski definition) is 2. The number of nitrogens with zero attached hydrogens (tertiary/aromatic N) is 1. The molecule has 23 heavy (non-hydrogen) atoms. The molecule has 0 aliphatic rings. The number of carbonyl (C=O) groups excluding carboxylic acids is 2. The lowest BCUT2D eigenvalue weighted by Crippen LogP contribution is -2.50. The van der Waals surface area contributed by atoms with Gasteiger partial charge in [0, 0.05) is 16.6 Å². The van der Waals surface area contributed by atoms with E-state index in [4.69, 9.17) is 4.74 Å². The summed E-state index contributed by atoms with van der Waals surface area (Å²) in [7, 11) is 1.80.